The molecule has 1 aliphatic heterocycles. The number of thiocarbonyl (C=S) groups is 1. The van der Waals surface area contributed by atoms with E-state index >= 15 is 0 Å². The highest BCUT2D eigenvalue weighted by molar-refractivity contribution is 8.26. The molecule has 1 saturated heterocycles. The molecular weight excluding hydrogens is 380 g/mol. The van der Waals surface area contributed by atoms with Gasteiger partial charge in [0.2, 0.25) is 0 Å². The SMILES string of the molecule is Cn1cccc1C=C1SC(=S)N(CCCCCCCCCCC(=O)O)C1=O. The van der Waals surface area contributed by atoms with Crippen LogP contribution in [0.25, 0.3) is 6.08 Å². The molecule has 0 bridgehead atoms. The molecule has 5 nitrogen and oxygen atoms in total. The van der Waals surface area contributed by atoms with E-state index in [1.54, 1.807) is 4.90 Å². The van der Waals surface area contributed by atoms with E-state index < -0.39 is 5.97 Å². The highest BCUT2D eigenvalue weighted by Gasteiger charge is 2.31. The summed E-state index contributed by atoms with van der Waals surface area (Å²) in [6.07, 6.45) is 12.5. The second-order valence-electron chi connectivity index (χ2n) is 6.85. The van der Waals surface area contributed by atoms with Crippen LogP contribution in [0.3, 0.4) is 0 Å². The molecule has 0 spiro atoms. The van der Waals surface area contributed by atoms with E-state index in [0.717, 1.165) is 50.6 Å². The molecule has 1 fully saturated rings. The van der Waals surface area contributed by atoms with Gasteiger partial charge in [-0.1, -0.05) is 62.5 Å². The Labute approximate surface area is 170 Å². The molecule has 1 amide bonds. The molecule has 148 valence electrons. The predicted octanol–water partition coefficient (Wildman–Crippen LogP) is 4.82. The van der Waals surface area contributed by atoms with Crippen molar-refractivity contribution in [3.8, 4) is 0 Å². The Morgan fingerprint density at radius 2 is 1.78 bits per heavy atom. The zero-order valence-electron chi connectivity index (χ0n) is 15.9. The van der Waals surface area contributed by atoms with Crippen LogP contribution >= 0.6 is 24.0 Å². The summed E-state index contributed by atoms with van der Waals surface area (Å²) >= 11 is 6.76. The normalized spacial score (nSPS) is 15.9. The Bertz CT molecular complexity index is 697. The van der Waals surface area contributed by atoms with Crippen molar-refractivity contribution in [2.45, 2.75) is 57.8 Å². The first-order chi connectivity index (χ1) is 13.0. The van der Waals surface area contributed by atoms with Gasteiger partial charge in [0.25, 0.3) is 5.91 Å². The van der Waals surface area contributed by atoms with Gasteiger partial charge >= 0.3 is 5.97 Å². The maximum absolute atomic E-state index is 12.6. The number of unbranched alkanes of at least 4 members (excludes halogenated alkanes) is 7. The molecule has 2 rings (SSSR count). The number of carboxylic acids is 1. The van der Waals surface area contributed by atoms with E-state index in [-0.39, 0.29) is 12.3 Å². The highest BCUT2D eigenvalue weighted by Crippen LogP contribution is 2.32. The molecule has 0 aliphatic carbocycles. The lowest BCUT2D eigenvalue weighted by Gasteiger charge is -2.14. The average Bonchev–Trinajstić information content (AvgIpc) is 3.14. The fraction of sp³-hybridized carbons (Fsp3) is 0.550. The van der Waals surface area contributed by atoms with Crippen molar-refractivity contribution >= 4 is 46.3 Å². The van der Waals surface area contributed by atoms with Gasteiger partial charge < -0.3 is 9.67 Å². The van der Waals surface area contributed by atoms with Crippen LogP contribution in [-0.4, -0.2) is 37.3 Å². The van der Waals surface area contributed by atoms with Crippen molar-refractivity contribution in [3.05, 3.63) is 28.9 Å². The van der Waals surface area contributed by atoms with Gasteiger partial charge in [0, 0.05) is 31.9 Å². The van der Waals surface area contributed by atoms with Crippen LogP contribution in [0.15, 0.2) is 23.2 Å². The number of hydrogen-bond donors (Lipinski definition) is 1. The third-order valence-electron chi connectivity index (χ3n) is 4.66. The third kappa shape index (κ3) is 7.14. The number of carboxylic acid groups (broad SMARTS) is 1. The summed E-state index contributed by atoms with van der Waals surface area (Å²) in [5, 5.41) is 8.59. The minimum absolute atomic E-state index is 0.0182. The molecule has 1 aromatic heterocycles. The molecule has 27 heavy (non-hydrogen) atoms. The number of nitrogens with zero attached hydrogens (tertiary/aromatic N) is 2. The molecule has 0 aromatic carbocycles. The van der Waals surface area contributed by atoms with Crippen molar-refractivity contribution in [2.24, 2.45) is 7.05 Å². The molecule has 7 heteroatoms. The number of carbonyl (C=O) groups excluding carboxylic acids is 1. The van der Waals surface area contributed by atoms with Gasteiger partial charge in [0.05, 0.1) is 4.91 Å². The van der Waals surface area contributed by atoms with E-state index in [9.17, 15) is 9.59 Å². The third-order valence-corrected chi connectivity index (χ3v) is 6.04. The van der Waals surface area contributed by atoms with Crippen molar-refractivity contribution in [1.29, 1.82) is 0 Å². The molecule has 2 heterocycles. The van der Waals surface area contributed by atoms with E-state index in [0.29, 0.717) is 15.8 Å². The molecule has 0 unspecified atom stereocenters. The number of amides is 1. The number of thioether (sulfide) groups is 1. The van der Waals surface area contributed by atoms with Crippen LogP contribution in [-0.2, 0) is 16.6 Å². The molecule has 0 atom stereocenters. The van der Waals surface area contributed by atoms with Crippen LogP contribution in [0.2, 0.25) is 0 Å². The van der Waals surface area contributed by atoms with Gasteiger partial charge in [-0.15, -0.1) is 0 Å². The maximum Gasteiger partial charge on any atom is 0.303 e. The summed E-state index contributed by atoms with van der Waals surface area (Å²) < 4.78 is 2.63. The quantitative estimate of drug-likeness (QED) is 0.305. The van der Waals surface area contributed by atoms with Crippen molar-refractivity contribution < 1.29 is 14.7 Å². The lowest BCUT2D eigenvalue weighted by Crippen LogP contribution is -2.29. The van der Waals surface area contributed by atoms with Crippen molar-refractivity contribution in [3.63, 3.8) is 0 Å². The monoisotopic (exact) mass is 408 g/mol. The largest absolute Gasteiger partial charge is 0.481 e. The fourth-order valence-electron chi connectivity index (χ4n) is 3.06. The van der Waals surface area contributed by atoms with Gasteiger partial charge in [0.1, 0.15) is 4.32 Å². The van der Waals surface area contributed by atoms with Gasteiger partial charge in [-0.25, -0.2) is 0 Å². The second-order valence-corrected chi connectivity index (χ2v) is 8.53. The Hall–Kier alpha value is -1.60. The predicted molar refractivity (Wildman–Crippen MR) is 114 cm³/mol. The molecule has 1 N–H and O–H groups in total. The van der Waals surface area contributed by atoms with Crippen molar-refractivity contribution in [1.82, 2.24) is 9.47 Å². The first-order valence-corrected chi connectivity index (χ1v) is 10.8. The highest BCUT2D eigenvalue weighted by atomic mass is 32.2. The van der Waals surface area contributed by atoms with Crippen molar-refractivity contribution in [2.75, 3.05) is 6.54 Å². The Kier molecular flexibility index (Phi) is 9.07. The van der Waals surface area contributed by atoms with Gasteiger partial charge in [0.15, 0.2) is 0 Å². The summed E-state index contributed by atoms with van der Waals surface area (Å²) in [6, 6.07) is 3.94. The van der Waals surface area contributed by atoms with E-state index in [1.165, 1.54) is 18.2 Å². The first-order valence-electron chi connectivity index (χ1n) is 9.57. The first kappa shape index (κ1) is 21.7. The number of rotatable bonds is 12. The van der Waals surface area contributed by atoms with Crippen LogP contribution < -0.4 is 0 Å². The lowest BCUT2D eigenvalue weighted by molar-refractivity contribution is -0.137. The molecule has 1 aromatic rings. The Balaban J connectivity index is 1.61. The standard InChI is InChI=1S/C20H28N2O3S2/c1-21-13-10-11-16(21)15-17-19(25)22(20(26)27-17)14-9-7-5-3-2-4-6-8-12-18(23)24/h10-11,13,15H,2-9,12,14H2,1H3,(H,23,24). The summed E-state index contributed by atoms with van der Waals surface area (Å²) in [4.78, 5) is 25.4. The Morgan fingerprint density at radius 3 is 2.37 bits per heavy atom. The van der Waals surface area contributed by atoms with Crippen LogP contribution in [0.1, 0.15) is 63.5 Å². The summed E-state index contributed by atoms with van der Waals surface area (Å²) in [5.74, 6) is -0.686. The summed E-state index contributed by atoms with van der Waals surface area (Å²) in [5.41, 5.74) is 0.999. The zero-order valence-corrected chi connectivity index (χ0v) is 17.5. The molecular formula is C20H28N2O3S2. The van der Waals surface area contributed by atoms with Gasteiger partial charge in [-0.05, 0) is 31.1 Å². The smallest absolute Gasteiger partial charge is 0.303 e. The number of aryl methyl sites for hydroxylation is 1. The molecule has 0 saturated carbocycles. The van der Waals surface area contributed by atoms with E-state index in [2.05, 4.69) is 0 Å². The second kappa shape index (κ2) is 11.3. The fourth-order valence-corrected chi connectivity index (χ4v) is 4.35. The van der Waals surface area contributed by atoms with E-state index in [1.807, 2.05) is 36.0 Å². The van der Waals surface area contributed by atoms with Gasteiger partial charge in [-0.2, -0.15) is 0 Å². The minimum Gasteiger partial charge on any atom is -0.481 e. The maximum atomic E-state index is 12.6. The molecule has 0 radical (unpaired) electrons. The van der Waals surface area contributed by atoms with E-state index in [4.69, 9.17) is 17.3 Å². The average molecular weight is 409 g/mol. The lowest BCUT2D eigenvalue weighted by atomic mass is 10.1. The summed E-state index contributed by atoms with van der Waals surface area (Å²) in [6.45, 7) is 0.688. The zero-order chi connectivity index (χ0) is 19.6. The Morgan fingerprint density at radius 1 is 1.15 bits per heavy atom. The summed E-state index contributed by atoms with van der Waals surface area (Å²) in [7, 11) is 1.96. The van der Waals surface area contributed by atoms with Crippen LogP contribution in [0.5, 0.6) is 0 Å². The van der Waals surface area contributed by atoms with Crippen LogP contribution in [0.4, 0.5) is 0 Å². The van der Waals surface area contributed by atoms with Gasteiger partial charge in [-0.3, -0.25) is 14.5 Å². The number of carbonyl (C=O) groups is 2. The number of aliphatic carboxylic acids is 1. The number of aromatic nitrogens is 1. The number of hydrogen-bond acceptors (Lipinski definition) is 4. The van der Waals surface area contributed by atoms with Crippen LogP contribution in [0, 0.1) is 0 Å². The molecule has 1 aliphatic rings. The topological polar surface area (TPSA) is 62.5 Å². The minimum atomic E-state index is -0.704.